The molecule has 0 spiro atoms. The summed E-state index contributed by atoms with van der Waals surface area (Å²) in [5, 5.41) is 5.76. The number of hydrogen-bond donors (Lipinski definition) is 2. The van der Waals surface area contributed by atoms with Crippen LogP contribution >= 0.6 is 0 Å². The van der Waals surface area contributed by atoms with Crippen LogP contribution in [0.4, 0.5) is 10.5 Å². The molecule has 0 fully saturated rings. The number of esters is 1. The van der Waals surface area contributed by atoms with Crippen LogP contribution < -0.4 is 10.6 Å². The van der Waals surface area contributed by atoms with E-state index in [0.717, 1.165) is 33.5 Å². The number of urea groups is 1. The molecule has 31 heavy (non-hydrogen) atoms. The van der Waals surface area contributed by atoms with Gasteiger partial charge in [-0.25, -0.2) is 9.59 Å². The van der Waals surface area contributed by atoms with Gasteiger partial charge in [-0.3, -0.25) is 9.69 Å². The van der Waals surface area contributed by atoms with E-state index in [1.165, 1.54) is 4.90 Å². The van der Waals surface area contributed by atoms with Crippen molar-refractivity contribution in [3.8, 4) is 0 Å². The maximum atomic E-state index is 12.9. The predicted molar refractivity (Wildman–Crippen MR) is 116 cm³/mol. The SMILES string of the molecule is Cc1ccc([C@H]2NC(=O)N(CC(=O)Nc3c(C)cc(C)cc3C)C3=C2C(=O)OC3)cc1. The van der Waals surface area contributed by atoms with Crippen LogP contribution in [0.2, 0.25) is 0 Å². The van der Waals surface area contributed by atoms with Crippen LogP contribution in [-0.2, 0) is 14.3 Å². The minimum atomic E-state index is -0.598. The van der Waals surface area contributed by atoms with Crippen molar-refractivity contribution in [3.05, 3.63) is 75.5 Å². The van der Waals surface area contributed by atoms with Crippen LogP contribution in [0.15, 0.2) is 47.7 Å². The lowest BCUT2D eigenvalue weighted by molar-refractivity contribution is -0.136. The fourth-order valence-electron chi connectivity index (χ4n) is 4.19. The molecule has 2 aliphatic heterocycles. The highest BCUT2D eigenvalue weighted by Crippen LogP contribution is 2.35. The van der Waals surface area contributed by atoms with Crippen LogP contribution in [0.25, 0.3) is 0 Å². The van der Waals surface area contributed by atoms with Gasteiger partial charge in [0.15, 0.2) is 0 Å². The van der Waals surface area contributed by atoms with E-state index in [4.69, 9.17) is 4.74 Å². The molecule has 3 amide bonds. The normalized spacial score (nSPS) is 17.9. The van der Waals surface area contributed by atoms with E-state index in [1.807, 2.05) is 64.1 Å². The third-order valence-electron chi connectivity index (χ3n) is 5.65. The molecule has 0 saturated carbocycles. The molecule has 2 heterocycles. The molecule has 2 aliphatic rings. The van der Waals surface area contributed by atoms with E-state index in [0.29, 0.717) is 11.3 Å². The molecule has 160 valence electrons. The predicted octanol–water partition coefficient (Wildman–Crippen LogP) is 3.44. The summed E-state index contributed by atoms with van der Waals surface area (Å²) < 4.78 is 5.23. The second kappa shape index (κ2) is 7.91. The number of aryl methyl sites for hydroxylation is 4. The lowest BCUT2D eigenvalue weighted by Crippen LogP contribution is -2.49. The number of ether oxygens (including phenoxy) is 1. The summed E-state index contributed by atoms with van der Waals surface area (Å²) in [6.45, 7) is 7.59. The first-order valence-electron chi connectivity index (χ1n) is 10.2. The number of cyclic esters (lactones) is 1. The summed E-state index contributed by atoms with van der Waals surface area (Å²) in [5.74, 6) is -0.818. The minimum Gasteiger partial charge on any atom is -0.456 e. The van der Waals surface area contributed by atoms with Gasteiger partial charge in [0, 0.05) is 5.69 Å². The van der Waals surface area contributed by atoms with Gasteiger partial charge >= 0.3 is 12.0 Å². The van der Waals surface area contributed by atoms with Crippen LogP contribution in [-0.4, -0.2) is 36.0 Å². The third kappa shape index (κ3) is 3.91. The highest BCUT2D eigenvalue weighted by Gasteiger charge is 2.42. The van der Waals surface area contributed by atoms with Crippen LogP contribution in [0.3, 0.4) is 0 Å². The summed E-state index contributed by atoms with van der Waals surface area (Å²) >= 11 is 0. The van der Waals surface area contributed by atoms with Crippen molar-refractivity contribution in [2.24, 2.45) is 0 Å². The molecule has 0 bridgehead atoms. The average Bonchev–Trinajstić information content (AvgIpc) is 3.09. The van der Waals surface area contributed by atoms with Crippen molar-refractivity contribution in [1.29, 1.82) is 0 Å². The second-order valence-corrected chi connectivity index (χ2v) is 8.14. The Balaban J connectivity index is 1.60. The van der Waals surface area contributed by atoms with E-state index in [9.17, 15) is 14.4 Å². The van der Waals surface area contributed by atoms with Crippen molar-refractivity contribution in [3.63, 3.8) is 0 Å². The molecule has 7 nitrogen and oxygen atoms in total. The Kier molecular flexibility index (Phi) is 5.27. The van der Waals surface area contributed by atoms with E-state index in [1.54, 1.807) is 0 Å². The smallest absolute Gasteiger partial charge is 0.338 e. The number of rotatable bonds is 4. The summed E-state index contributed by atoms with van der Waals surface area (Å²) in [6.07, 6.45) is 0. The number of carbonyl (C=O) groups is 3. The molecular formula is C24H25N3O4. The lowest BCUT2D eigenvalue weighted by Gasteiger charge is -2.32. The number of nitrogens with zero attached hydrogens (tertiary/aromatic N) is 1. The van der Waals surface area contributed by atoms with E-state index in [2.05, 4.69) is 10.6 Å². The number of benzene rings is 2. The molecule has 0 aromatic heterocycles. The zero-order valence-corrected chi connectivity index (χ0v) is 18.0. The molecule has 4 rings (SSSR count). The number of hydrogen-bond acceptors (Lipinski definition) is 4. The summed E-state index contributed by atoms with van der Waals surface area (Å²) in [7, 11) is 0. The third-order valence-corrected chi connectivity index (χ3v) is 5.65. The maximum absolute atomic E-state index is 12.9. The Morgan fingerprint density at radius 1 is 1.06 bits per heavy atom. The summed E-state index contributed by atoms with van der Waals surface area (Å²) in [6, 6.07) is 10.6. The van der Waals surface area contributed by atoms with Gasteiger partial charge in [-0.1, -0.05) is 47.5 Å². The largest absolute Gasteiger partial charge is 0.456 e. The van der Waals surface area contributed by atoms with Crippen molar-refractivity contribution in [1.82, 2.24) is 10.2 Å². The maximum Gasteiger partial charge on any atom is 0.338 e. The van der Waals surface area contributed by atoms with Gasteiger partial charge in [0.1, 0.15) is 13.2 Å². The topological polar surface area (TPSA) is 87.7 Å². The monoisotopic (exact) mass is 419 g/mol. The Morgan fingerprint density at radius 3 is 2.35 bits per heavy atom. The second-order valence-electron chi connectivity index (χ2n) is 8.14. The van der Waals surface area contributed by atoms with Gasteiger partial charge in [-0.2, -0.15) is 0 Å². The minimum absolute atomic E-state index is 0.0280. The van der Waals surface area contributed by atoms with Crippen molar-refractivity contribution in [2.45, 2.75) is 33.7 Å². The first kappa shape index (κ1) is 20.7. The summed E-state index contributed by atoms with van der Waals surface area (Å²) in [4.78, 5) is 39.4. The van der Waals surface area contributed by atoms with Crippen molar-refractivity contribution in [2.75, 3.05) is 18.5 Å². The van der Waals surface area contributed by atoms with Crippen molar-refractivity contribution < 1.29 is 19.1 Å². The van der Waals surface area contributed by atoms with E-state index >= 15 is 0 Å². The fraction of sp³-hybridized carbons (Fsp3) is 0.292. The summed E-state index contributed by atoms with van der Waals surface area (Å²) in [5.41, 5.74) is 6.43. The Hall–Kier alpha value is -3.61. The molecular weight excluding hydrogens is 394 g/mol. The zero-order valence-electron chi connectivity index (χ0n) is 18.0. The molecule has 0 aliphatic carbocycles. The zero-order chi connectivity index (χ0) is 22.3. The van der Waals surface area contributed by atoms with Crippen LogP contribution in [0.1, 0.15) is 33.9 Å². The lowest BCUT2D eigenvalue weighted by atomic mass is 9.95. The molecule has 2 aromatic rings. The van der Waals surface area contributed by atoms with Gasteiger partial charge < -0.3 is 15.4 Å². The van der Waals surface area contributed by atoms with E-state index < -0.39 is 18.0 Å². The van der Waals surface area contributed by atoms with Gasteiger partial charge in [0.2, 0.25) is 5.91 Å². The molecule has 0 saturated heterocycles. The van der Waals surface area contributed by atoms with Crippen LogP contribution in [0.5, 0.6) is 0 Å². The number of nitrogens with one attached hydrogen (secondary N) is 2. The van der Waals surface area contributed by atoms with Gasteiger partial charge in [-0.05, 0) is 44.4 Å². The van der Waals surface area contributed by atoms with Crippen molar-refractivity contribution >= 4 is 23.6 Å². The number of anilines is 1. The average molecular weight is 419 g/mol. The molecule has 7 heteroatoms. The first-order valence-corrected chi connectivity index (χ1v) is 10.2. The van der Waals surface area contributed by atoms with Crippen LogP contribution in [0, 0.1) is 27.7 Å². The first-order chi connectivity index (χ1) is 14.7. The standard InChI is InChI=1S/C24H25N3O4/c1-13-5-7-17(8-6-13)22-20-18(12-31-23(20)29)27(24(30)26-22)11-19(28)25-21-15(3)9-14(2)10-16(21)4/h5-10,22H,11-12H2,1-4H3,(H,25,28)(H,26,30)/t22-/m1/s1. The van der Waals surface area contributed by atoms with Gasteiger partial charge in [0.25, 0.3) is 0 Å². The van der Waals surface area contributed by atoms with Gasteiger partial charge in [0.05, 0.1) is 17.3 Å². The molecule has 0 unspecified atom stereocenters. The molecule has 2 aromatic carbocycles. The van der Waals surface area contributed by atoms with Gasteiger partial charge in [-0.15, -0.1) is 0 Å². The highest BCUT2D eigenvalue weighted by atomic mass is 16.5. The van der Waals surface area contributed by atoms with E-state index in [-0.39, 0.29) is 19.1 Å². The number of carbonyl (C=O) groups excluding carboxylic acids is 3. The highest BCUT2D eigenvalue weighted by molar-refractivity contribution is 6.00. The Bertz CT molecular complexity index is 1100. The molecule has 2 N–H and O–H groups in total. The number of amides is 3. The quantitative estimate of drug-likeness (QED) is 0.744. The fourth-order valence-corrected chi connectivity index (χ4v) is 4.19. The Morgan fingerprint density at radius 2 is 1.71 bits per heavy atom. The Labute approximate surface area is 181 Å². The molecule has 0 radical (unpaired) electrons. The molecule has 1 atom stereocenters.